The van der Waals surface area contributed by atoms with Crippen molar-refractivity contribution in [2.24, 2.45) is 0 Å². The number of phenols is 2. The predicted molar refractivity (Wildman–Crippen MR) is 71.2 cm³/mol. The van der Waals surface area contributed by atoms with Crippen LogP contribution in [0.1, 0.15) is 15.9 Å². The first-order valence-corrected chi connectivity index (χ1v) is 5.85. The highest BCUT2D eigenvalue weighted by atomic mass is 16.5. The molecule has 0 bridgehead atoms. The van der Waals surface area contributed by atoms with Gasteiger partial charge >= 0.3 is 0 Å². The molecule has 5 heteroatoms. The fraction of sp³-hybridized carbons (Fsp3) is 0.0667. The van der Waals surface area contributed by atoms with Crippen molar-refractivity contribution in [1.29, 1.82) is 0 Å². The Labute approximate surface area is 115 Å². The Morgan fingerprint density at radius 3 is 2.40 bits per heavy atom. The Bertz CT molecular complexity index is 648. The van der Waals surface area contributed by atoms with Gasteiger partial charge < -0.3 is 14.9 Å². The highest BCUT2D eigenvalue weighted by Crippen LogP contribution is 2.28. The molecule has 0 amide bonds. The summed E-state index contributed by atoms with van der Waals surface area (Å²) in [6.45, 7) is -0.133. The molecule has 0 spiro atoms. The summed E-state index contributed by atoms with van der Waals surface area (Å²) in [4.78, 5) is 22.4. The SMILES string of the molecule is O=CCOc1ccc(C(=O)c2ccccc2O)c(O)c1. The van der Waals surface area contributed by atoms with Crippen LogP contribution in [-0.2, 0) is 4.79 Å². The van der Waals surface area contributed by atoms with Crippen LogP contribution in [0.4, 0.5) is 0 Å². The summed E-state index contributed by atoms with van der Waals surface area (Å²) in [5.41, 5.74) is 0.148. The van der Waals surface area contributed by atoms with Crippen LogP contribution < -0.4 is 4.74 Å². The Morgan fingerprint density at radius 2 is 1.75 bits per heavy atom. The van der Waals surface area contributed by atoms with Crippen LogP contribution >= 0.6 is 0 Å². The largest absolute Gasteiger partial charge is 0.507 e. The number of benzene rings is 2. The van der Waals surface area contributed by atoms with Gasteiger partial charge in [-0.1, -0.05) is 12.1 Å². The van der Waals surface area contributed by atoms with Crippen molar-refractivity contribution in [1.82, 2.24) is 0 Å². The van der Waals surface area contributed by atoms with E-state index in [2.05, 4.69) is 0 Å². The highest BCUT2D eigenvalue weighted by Gasteiger charge is 2.17. The van der Waals surface area contributed by atoms with Gasteiger partial charge in [-0.25, -0.2) is 0 Å². The molecular formula is C15H12O5. The lowest BCUT2D eigenvalue weighted by Crippen LogP contribution is -2.03. The maximum atomic E-state index is 12.2. The van der Waals surface area contributed by atoms with Crippen molar-refractivity contribution >= 4 is 12.1 Å². The summed E-state index contributed by atoms with van der Waals surface area (Å²) in [6.07, 6.45) is 0.581. The van der Waals surface area contributed by atoms with Gasteiger partial charge in [-0.05, 0) is 24.3 Å². The van der Waals surface area contributed by atoms with Gasteiger partial charge in [0, 0.05) is 6.07 Å². The van der Waals surface area contributed by atoms with E-state index in [1.807, 2.05) is 0 Å². The van der Waals surface area contributed by atoms with Crippen LogP contribution in [0.2, 0.25) is 0 Å². The van der Waals surface area contributed by atoms with E-state index >= 15 is 0 Å². The molecule has 2 aromatic carbocycles. The summed E-state index contributed by atoms with van der Waals surface area (Å²) < 4.78 is 5.01. The topological polar surface area (TPSA) is 83.8 Å². The number of ether oxygens (including phenoxy) is 1. The van der Waals surface area contributed by atoms with Crippen LogP contribution in [0, 0.1) is 0 Å². The van der Waals surface area contributed by atoms with Gasteiger partial charge in [0.05, 0.1) is 11.1 Å². The molecule has 0 saturated carbocycles. The molecule has 0 aliphatic heterocycles. The van der Waals surface area contributed by atoms with Gasteiger partial charge in [-0.2, -0.15) is 0 Å². The third-order valence-electron chi connectivity index (χ3n) is 2.68. The summed E-state index contributed by atoms with van der Waals surface area (Å²) in [5.74, 6) is -0.647. The highest BCUT2D eigenvalue weighted by molar-refractivity contribution is 6.12. The summed E-state index contributed by atoms with van der Waals surface area (Å²) in [5, 5.41) is 19.5. The summed E-state index contributed by atoms with van der Waals surface area (Å²) >= 11 is 0. The van der Waals surface area contributed by atoms with E-state index in [-0.39, 0.29) is 35.0 Å². The van der Waals surface area contributed by atoms with E-state index in [9.17, 15) is 19.8 Å². The van der Waals surface area contributed by atoms with Gasteiger partial charge in [0.2, 0.25) is 0 Å². The number of aromatic hydroxyl groups is 2. The molecular weight excluding hydrogens is 260 g/mol. The van der Waals surface area contributed by atoms with Crippen molar-refractivity contribution < 1.29 is 24.5 Å². The summed E-state index contributed by atoms with van der Waals surface area (Å²) in [7, 11) is 0. The monoisotopic (exact) mass is 272 g/mol. The first-order valence-electron chi connectivity index (χ1n) is 5.85. The number of para-hydroxylation sites is 1. The van der Waals surface area contributed by atoms with Gasteiger partial charge in [0.1, 0.15) is 23.9 Å². The number of hydrogen-bond donors (Lipinski definition) is 2. The van der Waals surface area contributed by atoms with E-state index in [0.717, 1.165) is 0 Å². The Kier molecular flexibility index (Phi) is 4.00. The van der Waals surface area contributed by atoms with Crippen molar-refractivity contribution in [3.63, 3.8) is 0 Å². The number of ketones is 1. The van der Waals surface area contributed by atoms with Crippen molar-refractivity contribution in [3.05, 3.63) is 53.6 Å². The minimum atomic E-state index is -0.498. The zero-order valence-electron chi connectivity index (χ0n) is 10.4. The molecule has 5 nitrogen and oxygen atoms in total. The first-order chi connectivity index (χ1) is 9.63. The number of phenolic OH excluding ortho intramolecular Hbond substituents is 2. The average Bonchev–Trinajstić information content (AvgIpc) is 2.45. The van der Waals surface area contributed by atoms with E-state index in [1.165, 1.54) is 30.3 Å². The number of carbonyl (C=O) groups is 2. The number of carbonyl (C=O) groups excluding carboxylic acids is 2. The second-order valence-corrected chi connectivity index (χ2v) is 4.00. The normalized spacial score (nSPS) is 10.0. The van der Waals surface area contributed by atoms with E-state index in [0.29, 0.717) is 6.29 Å². The molecule has 0 aromatic heterocycles. The zero-order valence-corrected chi connectivity index (χ0v) is 10.4. The second-order valence-electron chi connectivity index (χ2n) is 4.00. The molecule has 0 atom stereocenters. The fourth-order valence-electron chi connectivity index (χ4n) is 1.73. The standard InChI is InChI=1S/C15H12O5/c16-7-8-20-10-5-6-12(14(18)9-10)15(19)11-3-1-2-4-13(11)17/h1-7,9,17-18H,8H2. The molecule has 2 rings (SSSR count). The lowest BCUT2D eigenvalue weighted by atomic mass is 10.0. The molecule has 0 unspecified atom stereocenters. The second kappa shape index (κ2) is 5.88. The maximum absolute atomic E-state index is 12.2. The van der Waals surface area contributed by atoms with Crippen molar-refractivity contribution in [2.75, 3.05) is 6.61 Å². The van der Waals surface area contributed by atoms with Crippen LogP contribution in [0.25, 0.3) is 0 Å². The molecule has 20 heavy (non-hydrogen) atoms. The quantitative estimate of drug-likeness (QED) is 0.641. The molecule has 0 aliphatic rings. The third-order valence-corrected chi connectivity index (χ3v) is 2.68. The number of rotatable bonds is 5. The molecule has 0 fully saturated rings. The molecule has 0 saturated heterocycles. The molecule has 2 N–H and O–H groups in total. The minimum absolute atomic E-state index is 0.0463. The number of aldehydes is 1. The molecule has 0 aliphatic carbocycles. The Balaban J connectivity index is 2.31. The fourth-order valence-corrected chi connectivity index (χ4v) is 1.73. The smallest absolute Gasteiger partial charge is 0.200 e. The lowest BCUT2D eigenvalue weighted by Gasteiger charge is -2.08. The van der Waals surface area contributed by atoms with Crippen molar-refractivity contribution in [2.45, 2.75) is 0 Å². The molecule has 102 valence electrons. The lowest BCUT2D eigenvalue weighted by molar-refractivity contribution is -0.109. The maximum Gasteiger partial charge on any atom is 0.200 e. The molecule has 2 aromatic rings. The predicted octanol–water partition coefficient (Wildman–Crippen LogP) is 1.91. The van der Waals surface area contributed by atoms with Crippen LogP contribution in [-0.4, -0.2) is 28.9 Å². The number of hydrogen-bond acceptors (Lipinski definition) is 5. The zero-order chi connectivity index (χ0) is 14.5. The van der Waals surface area contributed by atoms with Crippen LogP contribution in [0.15, 0.2) is 42.5 Å². The van der Waals surface area contributed by atoms with E-state index in [1.54, 1.807) is 12.1 Å². The van der Waals surface area contributed by atoms with Crippen LogP contribution in [0.3, 0.4) is 0 Å². The molecule has 0 radical (unpaired) electrons. The van der Waals surface area contributed by atoms with E-state index < -0.39 is 5.78 Å². The van der Waals surface area contributed by atoms with Gasteiger partial charge in [-0.3, -0.25) is 9.59 Å². The van der Waals surface area contributed by atoms with Gasteiger partial charge in [0.25, 0.3) is 0 Å². The van der Waals surface area contributed by atoms with Crippen molar-refractivity contribution in [3.8, 4) is 17.2 Å². The minimum Gasteiger partial charge on any atom is -0.507 e. The third kappa shape index (κ3) is 2.77. The van der Waals surface area contributed by atoms with Crippen LogP contribution in [0.5, 0.6) is 17.2 Å². The van der Waals surface area contributed by atoms with Gasteiger partial charge in [0.15, 0.2) is 12.1 Å². The summed E-state index contributed by atoms with van der Waals surface area (Å²) in [6, 6.07) is 10.2. The van der Waals surface area contributed by atoms with E-state index in [4.69, 9.17) is 4.74 Å². The average molecular weight is 272 g/mol. The van der Waals surface area contributed by atoms with Gasteiger partial charge in [-0.15, -0.1) is 0 Å². The molecule has 0 heterocycles. The Morgan fingerprint density at radius 1 is 1.05 bits per heavy atom. The first kappa shape index (κ1) is 13.6. The Hall–Kier alpha value is -2.82.